The Morgan fingerprint density at radius 3 is 3.00 bits per heavy atom. The van der Waals surface area contributed by atoms with Crippen LogP contribution in [0.2, 0.25) is 5.02 Å². The molecular formula is C14H18ClNO. The summed E-state index contributed by atoms with van der Waals surface area (Å²) in [4.78, 5) is 0. The zero-order chi connectivity index (χ0) is 11.8. The number of hydrogen-bond acceptors (Lipinski definition) is 2. The minimum Gasteiger partial charge on any atom is -0.506 e. The Morgan fingerprint density at radius 2 is 2.24 bits per heavy atom. The summed E-state index contributed by atoms with van der Waals surface area (Å²) in [5, 5.41) is 14.2. The number of phenolic OH excluding ortho intramolecular Hbond substituents is 1. The van der Waals surface area contributed by atoms with E-state index in [1.807, 2.05) is 0 Å². The summed E-state index contributed by atoms with van der Waals surface area (Å²) in [6.07, 6.45) is 6.64. The number of benzene rings is 1. The van der Waals surface area contributed by atoms with Gasteiger partial charge in [-0.05, 0) is 61.8 Å². The highest BCUT2D eigenvalue weighted by molar-refractivity contribution is 6.33. The van der Waals surface area contributed by atoms with E-state index in [1.54, 1.807) is 0 Å². The van der Waals surface area contributed by atoms with Gasteiger partial charge in [0, 0.05) is 6.04 Å². The first-order valence-electron chi connectivity index (χ1n) is 6.51. The minimum absolute atomic E-state index is 0.320. The second-order valence-electron chi connectivity index (χ2n) is 5.19. The van der Waals surface area contributed by atoms with Crippen LogP contribution in [0, 0.1) is 0 Å². The van der Waals surface area contributed by atoms with Crippen LogP contribution in [0.5, 0.6) is 5.75 Å². The fourth-order valence-electron chi connectivity index (χ4n) is 3.09. The van der Waals surface area contributed by atoms with Crippen LogP contribution in [0.3, 0.4) is 0 Å². The normalized spacial score (nSPS) is 23.0. The van der Waals surface area contributed by atoms with E-state index in [-0.39, 0.29) is 0 Å². The first-order chi connectivity index (χ1) is 8.25. The average Bonchev–Trinajstić information content (AvgIpc) is 2.96. The SMILES string of the molecule is Oc1c(CC2CCCN2)cc2c(c1Cl)CCC2. The highest BCUT2D eigenvalue weighted by atomic mass is 35.5. The van der Waals surface area contributed by atoms with Gasteiger partial charge in [0.1, 0.15) is 5.75 Å². The molecule has 1 saturated heterocycles. The maximum atomic E-state index is 10.2. The minimum atomic E-state index is 0.320. The molecule has 0 spiro atoms. The molecule has 1 aromatic rings. The lowest BCUT2D eigenvalue weighted by molar-refractivity contribution is 0.461. The number of phenols is 1. The number of rotatable bonds is 2. The Balaban J connectivity index is 1.91. The van der Waals surface area contributed by atoms with Gasteiger partial charge in [0.2, 0.25) is 0 Å². The third kappa shape index (κ3) is 2.04. The van der Waals surface area contributed by atoms with Gasteiger partial charge in [-0.3, -0.25) is 0 Å². The molecular weight excluding hydrogens is 234 g/mol. The van der Waals surface area contributed by atoms with Crippen LogP contribution in [-0.2, 0) is 19.3 Å². The maximum absolute atomic E-state index is 10.2. The number of aryl methyl sites for hydroxylation is 1. The third-order valence-corrected chi connectivity index (χ3v) is 4.42. The van der Waals surface area contributed by atoms with Crippen LogP contribution in [0.1, 0.15) is 36.0 Å². The average molecular weight is 252 g/mol. The van der Waals surface area contributed by atoms with Gasteiger partial charge in [-0.25, -0.2) is 0 Å². The Kier molecular flexibility index (Phi) is 3.01. The highest BCUT2D eigenvalue weighted by Crippen LogP contribution is 2.38. The van der Waals surface area contributed by atoms with Crippen LogP contribution < -0.4 is 5.32 Å². The molecule has 0 radical (unpaired) electrons. The summed E-state index contributed by atoms with van der Waals surface area (Å²) in [7, 11) is 0. The number of aromatic hydroxyl groups is 1. The van der Waals surface area contributed by atoms with Crippen molar-refractivity contribution in [2.24, 2.45) is 0 Å². The van der Waals surface area contributed by atoms with Gasteiger partial charge in [-0.15, -0.1) is 0 Å². The fraction of sp³-hybridized carbons (Fsp3) is 0.571. The number of nitrogens with one attached hydrogen (secondary N) is 1. The first-order valence-corrected chi connectivity index (χ1v) is 6.89. The Labute approximate surface area is 107 Å². The number of halogens is 1. The van der Waals surface area contributed by atoms with Crippen molar-refractivity contribution < 1.29 is 5.11 Å². The van der Waals surface area contributed by atoms with E-state index in [0.717, 1.165) is 31.4 Å². The third-order valence-electron chi connectivity index (χ3n) is 4.01. The monoisotopic (exact) mass is 251 g/mol. The molecule has 2 N–H and O–H groups in total. The van der Waals surface area contributed by atoms with E-state index in [1.165, 1.54) is 30.4 Å². The molecule has 1 fully saturated rings. The van der Waals surface area contributed by atoms with E-state index in [4.69, 9.17) is 11.6 Å². The number of hydrogen-bond donors (Lipinski definition) is 2. The number of fused-ring (bicyclic) bond motifs is 1. The summed E-state index contributed by atoms with van der Waals surface area (Å²) >= 11 is 6.26. The first kappa shape index (κ1) is 11.4. The zero-order valence-corrected chi connectivity index (χ0v) is 10.7. The summed E-state index contributed by atoms with van der Waals surface area (Å²) < 4.78 is 0. The summed E-state index contributed by atoms with van der Waals surface area (Å²) in [6.45, 7) is 1.10. The van der Waals surface area contributed by atoms with Crippen LogP contribution >= 0.6 is 11.6 Å². The molecule has 1 heterocycles. The van der Waals surface area contributed by atoms with Gasteiger partial charge < -0.3 is 10.4 Å². The molecule has 0 bridgehead atoms. The van der Waals surface area contributed by atoms with Crippen LogP contribution in [0.4, 0.5) is 0 Å². The summed E-state index contributed by atoms with van der Waals surface area (Å²) in [6, 6.07) is 2.68. The van der Waals surface area contributed by atoms with Gasteiger partial charge in [-0.2, -0.15) is 0 Å². The van der Waals surface area contributed by atoms with E-state index in [9.17, 15) is 5.11 Å². The van der Waals surface area contributed by atoms with Crippen molar-refractivity contribution in [3.05, 3.63) is 27.8 Å². The molecule has 3 heteroatoms. The van der Waals surface area contributed by atoms with E-state index < -0.39 is 0 Å². The van der Waals surface area contributed by atoms with E-state index in [0.29, 0.717) is 16.8 Å². The molecule has 2 nitrogen and oxygen atoms in total. The van der Waals surface area contributed by atoms with Crippen LogP contribution in [-0.4, -0.2) is 17.7 Å². The molecule has 1 aliphatic carbocycles. The molecule has 3 rings (SSSR count). The molecule has 0 amide bonds. The largest absolute Gasteiger partial charge is 0.506 e. The molecule has 1 unspecified atom stereocenters. The van der Waals surface area contributed by atoms with Gasteiger partial charge >= 0.3 is 0 Å². The Hall–Kier alpha value is -0.730. The summed E-state index contributed by atoms with van der Waals surface area (Å²) in [5.41, 5.74) is 3.54. The van der Waals surface area contributed by atoms with Crippen molar-refractivity contribution >= 4 is 11.6 Å². The maximum Gasteiger partial charge on any atom is 0.137 e. The molecule has 0 aromatic heterocycles. The molecule has 2 aliphatic rings. The second kappa shape index (κ2) is 4.51. The topological polar surface area (TPSA) is 32.3 Å². The zero-order valence-electron chi connectivity index (χ0n) is 9.93. The van der Waals surface area contributed by atoms with Crippen molar-refractivity contribution in [1.29, 1.82) is 0 Å². The Morgan fingerprint density at radius 1 is 1.35 bits per heavy atom. The molecule has 92 valence electrons. The van der Waals surface area contributed by atoms with Crippen LogP contribution in [0.25, 0.3) is 0 Å². The molecule has 1 aromatic carbocycles. The predicted molar refractivity (Wildman–Crippen MR) is 69.9 cm³/mol. The van der Waals surface area contributed by atoms with Crippen LogP contribution in [0.15, 0.2) is 6.07 Å². The summed E-state index contributed by atoms with van der Waals surface area (Å²) in [5.74, 6) is 0.320. The second-order valence-corrected chi connectivity index (χ2v) is 5.56. The lowest BCUT2D eigenvalue weighted by Gasteiger charge is -2.15. The lowest BCUT2D eigenvalue weighted by atomic mass is 9.99. The van der Waals surface area contributed by atoms with Crippen molar-refractivity contribution in [3.8, 4) is 5.75 Å². The standard InChI is InChI=1S/C14H18ClNO/c15-13-12-5-1-3-9(12)7-10(14(13)17)8-11-4-2-6-16-11/h7,11,16-17H,1-6,8H2. The van der Waals surface area contributed by atoms with Gasteiger partial charge in [0.15, 0.2) is 0 Å². The van der Waals surface area contributed by atoms with Crippen molar-refractivity contribution in [2.45, 2.75) is 44.6 Å². The fourth-order valence-corrected chi connectivity index (χ4v) is 3.43. The molecule has 0 saturated carbocycles. The van der Waals surface area contributed by atoms with Crippen molar-refractivity contribution in [2.75, 3.05) is 6.54 Å². The highest BCUT2D eigenvalue weighted by Gasteiger charge is 2.22. The van der Waals surface area contributed by atoms with E-state index >= 15 is 0 Å². The predicted octanol–water partition coefficient (Wildman–Crippen LogP) is 2.83. The van der Waals surface area contributed by atoms with Crippen molar-refractivity contribution in [1.82, 2.24) is 5.32 Å². The van der Waals surface area contributed by atoms with Gasteiger partial charge in [0.25, 0.3) is 0 Å². The Bertz CT molecular complexity index is 438. The van der Waals surface area contributed by atoms with Gasteiger partial charge in [0.05, 0.1) is 5.02 Å². The molecule has 17 heavy (non-hydrogen) atoms. The van der Waals surface area contributed by atoms with E-state index in [2.05, 4.69) is 11.4 Å². The quantitative estimate of drug-likeness (QED) is 0.847. The lowest BCUT2D eigenvalue weighted by Crippen LogP contribution is -2.23. The van der Waals surface area contributed by atoms with Gasteiger partial charge in [-0.1, -0.05) is 17.7 Å². The smallest absolute Gasteiger partial charge is 0.137 e. The molecule has 1 aliphatic heterocycles. The molecule has 1 atom stereocenters. The van der Waals surface area contributed by atoms with Crippen molar-refractivity contribution in [3.63, 3.8) is 0 Å².